The first-order chi connectivity index (χ1) is 12.5. The second kappa shape index (κ2) is 6.53. The molecule has 1 aliphatic rings. The first kappa shape index (κ1) is 16.7. The van der Waals surface area contributed by atoms with E-state index in [2.05, 4.69) is 32.5 Å². The van der Waals surface area contributed by atoms with Crippen LogP contribution in [0.3, 0.4) is 0 Å². The Morgan fingerprint density at radius 1 is 1.19 bits per heavy atom. The van der Waals surface area contributed by atoms with Gasteiger partial charge in [0, 0.05) is 18.9 Å². The van der Waals surface area contributed by atoms with E-state index in [0.717, 1.165) is 17.5 Å². The van der Waals surface area contributed by atoms with Crippen LogP contribution >= 0.6 is 0 Å². The first-order valence-corrected chi connectivity index (χ1v) is 10.1. The van der Waals surface area contributed by atoms with Crippen molar-refractivity contribution in [2.75, 3.05) is 11.1 Å². The number of sulfone groups is 1. The summed E-state index contributed by atoms with van der Waals surface area (Å²) in [7, 11) is -1.29. The summed E-state index contributed by atoms with van der Waals surface area (Å²) in [5.41, 5.74) is 1.95. The fourth-order valence-electron chi connectivity index (χ4n) is 3.03. The van der Waals surface area contributed by atoms with Crippen molar-refractivity contribution in [2.45, 2.75) is 18.9 Å². The number of hydrogen-bond donors (Lipinski definition) is 1. The normalized spacial score (nSPS) is 18.4. The molecular formula is C18H19N5O2S. The Hall–Kier alpha value is -2.74. The van der Waals surface area contributed by atoms with Gasteiger partial charge in [-0.15, -0.1) is 0 Å². The van der Waals surface area contributed by atoms with Crippen molar-refractivity contribution in [3.05, 3.63) is 59.4 Å². The van der Waals surface area contributed by atoms with E-state index in [0.29, 0.717) is 18.1 Å². The third kappa shape index (κ3) is 3.45. The summed E-state index contributed by atoms with van der Waals surface area (Å²) in [6.45, 7) is 0. The van der Waals surface area contributed by atoms with Gasteiger partial charge in [-0.2, -0.15) is 5.10 Å². The van der Waals surface area contributed by atoms with Gasteiger partial charge >= 0.3 is 0 Å². The molecule has 1 atom stereocenters. The maximum atomic E-state index is 11.6. The molecule has 0 unspecified atom stereocenters. The smallest absolute Gasteiger partial charge is 0.173 e. The second-order valence-electron chi connectivity index (χ2n) is 6.39. The van der Waals surface area contributed by atoms with Crippen LogP contribution in [-0.4, -0.2) is 40.0 Å². The Kier molecular flexibility index (Phi) is 4.20. The molecule has 4 rings (SSSR count). The third-order valence-electron chi connectivity index (χ3n) is 4.37. The van der Waals surface area contributed by atoms with Gasteiger partial charge in [-0.05, 0) is 18.1 Å². The summed E-state index contributed by atoms with van der Waals surface area (Å²) in [6.07, 6.45) is 4.88. The van der Waals surface area contributed by atoms with Gasteiger partial charge in [-0.1, -0.05) is 30.3 Å². The fraction of sp³-hybridized carbons (Fsp3) is 0.278. The number of rotatable bonds is 5. The minimum atomic E-state index is -3.13. The maximum Gasteiger partial charge on any atom is 0.173 e. The third-order valence-corrected chi connectivity index (χ3v) is 5.77. The van der Waals surface area contributed by atoms with E-state index in [1.54, 1.807) is 17.0 Å². The van der Waals surface area contributed by atoms with E-state index in [1.807, 2.05) is 25.2 Å². The fourth-order valence-corrected chi connectivity index (χ4v) is 4.27. The minimum Gasteiger partial charge on any atom is -0.362 e. The molecule has 0 amide bonds. The van der Waals surface area contributed by atoms with Gasteiger partial charge in [-0.25, -0.2) is 18.4 Å². The van der Waals surface area contributed by atoms with Crippen molar-refractivity contribution in [3.63, 3.8) is 0 Å². The predicted molar refractivity (Wildman–Crippen MR) is 100 cm³/mol. The number of aromatic nitrogens is 4. The van der Waals surface area contributed by atoms with Crippen molar-refractivity contribution in [2.24, 2.45) is 7.05 Å². The zero-order valence-corrected chi connectivity index (χ0v) is 15.1. The van der Waals surface area contributed by atoms with Crippen molar-refractivity contribution in [1.29, 1.82) is 0 Å². The lowest BCUT2D eigenvalue weighted by molar-refractivity contribution is 0.605. The van der Waals surface area contributed by atoms with Gasteiger partial charge < -0.3 is 5.32 Å². The topological polar surface area (TPSA) is 89.8 Å². The van der Waals surface area contributed by atoms with Crippen LogP contribution < -0.4 is 5.32 Å². The van der Waals surface area contributed by atoms with Crippen LogP contribution in [0.4, 0.5) is 5.82 Å². The number of nitrogens with zero attached hydrogens (tertiary/aromatic N) is 4. The second-order valence-corrected chi connectivity index (χ2v) is 8.32. The Bertz CT molecular complexity index is 1070. The summed E-state index contributed by atoms with van der Waals surface area (Å²) in [6, 6.07) is 9.89. The molecular weight excluding hydrogens is 350 g/mol. The van der Waals surface area contributed by atoms with Crippen molar-refractivity contribution in [1.82, 2.24) is 19.7 Å². The summed E-state index contributed by atoms with van der Waals surface area (Å²) < 4.78 is 25.0. The average Bonchev–Trinajstić information content (AvgIpc) is 3.16. The Morgan fingerprint density at radius 2 is 2.00 bits per heavy atom. The van der Waals surface area contributed by atoms with Crippen LogP contribution in [0.2, 0.25) is 0 Å². The molecule has 2 aromatic heterocycles. The molecule has 1 aliphatic heterocycles. The summed E-state index contributed by atoms with van der Waals surface area (Å²) in [4.78, 5) is 9.26. The molecule has 8 heteroatoms. The zero-order chi connectivity index (χ0) is 18.1. The van der Waals surface area contributed by atoms with Crippen LogP contribution in [0.15, 0.2) is 48.0 Å². The van der Waals surface area contributed by atoms with Crippen molar-refractivity contribution in [3.8, 4) is 0 Å². The Balaban J connectivity index is 1.62. The van der Waals surface area contributed by atoms with E-state index in [-0.39, 0.29) is 11.8 Å². The molecule has 0 bridgehead atoms. The van der Waals surface area contributed by atoms with E-state index >= 15 is 0 Å². The average molecular weight is 369 g/mol. The Labute approximate surface area is 151 Å². The minimum absolute atomic E-state index is 0.0398. The highest BCUT2D eigenvalue weighted by Crippen LogP contribution is 2.23. The number of hydrogen-bond acceptors (Lipinski definition) is 6. The molecule has 0 saturated heterocycles. The SMILES string of the molecule is Cn1ncc2c(N[C@@H]3C=CS(=O)(=O)C3)nc(CCc3ccccc3)nc21. The number of nitrogens with one attached hydrogen (secondary N) is 1. The number of aryl methyl sites for hydroxylation is 3. The van der Waals surface area contributed by atoms with Crippen LogP contribution in [0, 0.1) is 0 Å². The largest absolute Gasteiger partial charge is 0.362 e. The van der Waals surface area contributed by atoms with Crippen LogP contribution in [0.5, 0.6) is 0 Å². The van der Waals surface area contributed by atoms with E-state index in [4.69, 9.17) is 0 Å². The van der Waals surface area contributed by atoms with E-state index in [9.17, 15) is 8.42 Å². The van der Waals surface area contributed by atoms with Crippen LogP contribution in [0.25, 0.3) is 11.0 Å². The highest BCUT2D eigenvalue weighted by Gasteiger charge is 2.23. The van der Waals surface area contributed by atoms with Crippen molar-refractivity contribution >= 4 is 26.7 Å². The highest BCUT2D eigenvalue weighted by atomic mass is 32.2. The number of fused-ring (bicyclic) bond motifs is 1. The van der Waals surface area contributed by atoms with E-state index < -0.39 is 9.84 Å². The van der Waals surface area contributed by atoms with Crippen LogP contribution in [0.1, 0.15) is 11.4 Å². The van der Waals surface area contributed by atoms with Gasteiger partial charge in [0.2, 0.25) is 0 Å². The maximum absolute atomic E-state index is 11.6. The predicted octanol–water partition coefficient (Wildman–Crippen LogP) is 1.87. The molecule has 0 fully saturated rings. The Morgan fingerprint density at radius 3 is 2.73 bits per heavy atom. The number of benzene rings is 1. The standard InChI is InChI=1S/C18H19N5O2S/c1-23-18-15(11-19-23)17(20-14-9-10-26(24,25)12-14)21-16(22-18)8-7-13-5-3-2-4-6-13/h2-6,9-11,14H,7-8,12H2,1H3,(H,20,21,22)/t14-/m1/s1. The van der Waals surface area contributed by atoms with Gasteiger partial charge in [0.1, 0.15) is 11.6 Å². The summed E-state index contributed by atoms with van der Waals surface area (Å²) in [5, 5.41) is 9.52. The van der Waals surface area contributed by atoms with Crippen LogP contribution in [-0.2, 0) is 29.7 Å². The first-order valence-electron chi connectivity index (χ1n) is 8.40. The molecule has 0 radical (unpaired) electrons. The lowest BCUT2D eigenvalue weighted by atomic mass is 10.1. The molecule has 3 heterocycles. The molecule has 7 nitrogen and oxygen atoms in total. The van der Waals surface area contributed by atoms with E-state index in [1.165, 1.54) is 11.0 Å². The van der Waals surface area contributed by atoms with Gasteiger partial charge in [-0.3, -0.25) is 4.68 Å². The molecule has 0 saturated carbocycles. The summed E-state index contributed by atoms with van der Waals surface area (Å²) in [5.74, 6) is 1.37. The molecule has 3 aromatic rings. The molecule has 26 heavy (non-hydrogen) atoms. The number of anilines is 1. The summed E-state index contributed by atoms with van der Waals surface area (Å²) >= 11 is 0. The monoisotopic (exact) mass is 369 g/mol. The molecule has 0 aliphatic carbocycles. The van der Waals surface area contributed by atoms with Gasteiger partial charge in [0.05, 0.1) is 23.4 Å². The molecule has 134 valence electrons. The van der Waals surface area contributed by atoms with Gasteiger partial charge in [0.25, 0.3) is 0 Å². The van der Waals surface area contributed by atoms with Gasteiger partial charge in [0.15, 0.2) is 15.5 Å². The highest BCUT2D eigenvalue weighted by molar-refractivity contribution is 7.94. The lowest BCUT2D eigenvalue weighted by Gasteiger charge is -2.13. The molecule has 0 spiro atoms. The lowest BCUT2D eigenvalue weighted by Crippen LogP contribution is -2.22. The molecule has 1 aromatic carbocycles. The quantitative estimate of drug-likeness (QED) is 0.738. The van der Waals surface area contributed by atoms with Crippen molar-refractivity contribution < 1.29 is 8.42 Å². The zero-order valence-electron chi connectivity index (χ0n) is 14.3. The molecule has 1 N–H and O–H groups in total.